The molecule has 0 saturated carbocycles. The molecule has 0 amide bonds. The topological polar surface area (TPSA) is 20.2 Å². The summed E-state index contributed by atoms with van der Waals surface area (Å²) < 4.78 is 14.4. The molecule has 0 fully saturated rings. The van der Waals surface area contributed by atoms with E-state index in [1.165, 1.54) is 6.07 Å². The van der Waals surface area contributed by atoms with E-state index in [0.29, 0.717) is 5.56 Å². The van der Waals surface area contributed by atoms with Gasteiger partial charge in [0.1, 0.15) is 5.82 Å². The largest absolute Gasteiger partial charge is 0.388 e. The van der Waals surface area contributed by atoms with Gasteiger partial charge in [0.25, 0.3) is 0 Å². The van der Waals surface area contributed by atoms with Gasteiger partial charge in [-0.2, -0.15) is 0 Å². The van der Waals surface area contributed by atoms with Crippen molar-refractivity contribution < 1.29 is 9.50 Å². The van der Waals surface area contributed by atoms with Crippen LogP contribution in [0.3, 0.4) is 0 Å². The number of aliphatic hydroxyl groups excluding tert-OH is 1. The van der Waals surface area contributed by atoms with Crippen molar-refractivity contribution in [1.29, 1.82) is 0 Å². The molecule has 0 aromatic heterocycles. The Kier molecular flexibility index (Phi) is 4.15. The van der Waals surface area contributed by atoms with Gasteiger partial charge in [0, 0.05) is 10.9 Å². The van der Waals surface area contributed by atoms with Crippen LogP contribution in [0.4, 0.5) is 4.39 Å². The number of hydrogen-bond donors (Lipinski definition) is 1. The minimum Gasteiger partial charge on any atom is -0.388 e. The molecule has 94 valence electrons. The van der Waals surface area contributed by atoms with Crippen LogP contribution in [0, 0.1) is 12.7 Å². The quantitative estimate of drug-likeness (QED) is 0.902. The molecule has 2 aromatic rings. The number of halogens is 2. The van der Waals surface area contributed by atoms with Crippen LogP contribution in [0.15, 0.2) is 46.9 Å². The van der Waals surface area contributed by atoms with Crippen LogP contribution in [-0.4, -0.2) is 5.11 Å². The van der Waals surface area contributed by atoms with Crippen molar-refractivity contribution in [3.8, 4) is 0 Å². The molecule has 0 heterocycles. The predicted octanol–water partition coefficient (Wildman–Crippen LogP) is 4.17. The van der Waals surface area contributed by atoms with E-state index < -0.39 is 6.10 Å². The highest BCUT2D eigenvalue weighted by Crippen LogP contribution is 2.23. The molecule has 0 bridgehead atoms. The molecule has 1 N–H and O–H groups in total. The number of aliphatic hydroxyl groups is 1. The molecule has 18 heavy (non-hydrogen) atoms. The lowest BCUT2D eigenvalue weighted by molar-refractivity contribution is 0.177. The number of aryl methyl sites for hydroxylation is 1. The second-order valence-electron chi connectivity index (χ2n) is 4.37. The molecule has 0 aliphatic heterocycles. The smallest absolute Gasteiger partial charge is 0.126 e. The average Bonchev–Trinajstić information content (AvgIpc) is 2.34. The standard InChI is InChI=1S/C15H14BrFO/c1-10-2-4-11(5-3-10)15(18)9-12-8-13(16)6-7-14(12)17/h2-8,15,18H,9H2,1H3. The highest BCUT2D eigenvalue weighted by Gasteiger charge is 2.11. The molecule has 0 radical (unpaired) electrons. The van der Waals surface area contributed by atoms with Crippen LogP contribution in [0.25, 0.3) is 0 Å². The van der Waals surface area contributed by atoms with Crippen LogP contribution in [-0.2, 0) is 6.42 Å². The zero-order valence-corrected chi connectivity index (χ0v) is 11.6. The highest BCUT2D eigenvalue weighted by molar-refractivity contribution is 9.10. The average molecular weight is 309 g/mol. The van der Waals surface area contributed by atoms with Gasteiger partial charge >= 0.3 is 0 Å². The molecule has 0 saturated heterocycles. The van der Waals surface area contributed by atoms with Gasteiger partial charge in [-0.05, 0) is 36.2 Å². The second-order valence-corrected chi connectivity index (χ2v) is 5.28. The normalized spacial score (nSPS) is 12.4. The molecule has 1 nitrogen and oxygen atoms in total. The van der Waals surface area contributed by atoms with E-state index in [9.17, 15) is 9.50 Å². The first-order chi connectivity index (χ1) is 8.56. The van der Waals surface area contributed by atoms with E-state index in [2.05, 4.69) is 15.9 Å². The van der Waals surface area contributed by atoms with Gasteiger partial charge in [-0.15, -0.1) is 0 Å². The summed E-state index contributed by atoms with van der Waals surface area (Å²) in [5.41, 5.74) is 2.46. The van der Waals surface area contributed by atoms with Crippen molar-refractivity contribution in [2.75, 3.05) is 0 Å². The van der Waals surface area contributed by atoms with E-state index in [0.717, 1.165) is 15.6 Å². The fourth-order valence-corrected chi connectivity index (χ4v) is 2.22. The summed E-state index contributed by atoms with van der Waals surface area (Å²) in [4.78, 5) is 0. The summed E-state index contributed by atoms with van der Waals surface area (Å²) in [7, 11) is 0. The van der Waals surface area contributed by atoms with Gasteiger partial charge in [0.2, 0.25) is 0 Å². The van der Waals surface area contributed by atoms with Crippen molar-refractivity contribution in [3.63, 3.8) is 0 Å². The zero-order chi connectivity index (χ0) is 13.1. The first kappa shape index (κ1) is 13.2. The number of hydrogen-bond acceptors (Lipinski definition) is 1. The molecule has 1 atom stereocenters. The van der Waals surface area contributed by atoms with Crippen molar-refractivity contribution in [1.82, 2.24) is 0 Å². The summed E-state index contributed by atoms with van der Waals surface area (Å²) in [6, 6.07) is 12.4. The Morgan fingerprint density at radius 3 is 2.50 bits per heavy atom. The fourth-order valence-electron chi connectivity index (χ4n) is 1.81. The Morgan fingerprint density at radius 2 is 1.83 bits per heavy atom. The molecule has 1 unspecified atom stereocenters. The Balaban J connectivity index is 2.18. The Labute approximate surface area is 114 Å². The van der Waals surface area contributed by atoms with E-state index in [1.807, 2.05) is 31.2 Å². The highest BCUT2D eigenvalue weighted by atomic mass is 79.9. The van der Waals surface area contributed by atoms with Gasteiger partial charge in [0.05, 0.1) is 6.10 Å². The van der Waals surface area contributed by atoms with Crippen molar-refractivity contribution in [3.05, 3.63) is 69.4 Å². The monoisotopic (exact) mass is 308 g/mol. The molecule has 3 heteroatoms. The fraction of sp³-hybridized carbons (Fsp3) is 0.200. The second kappa shape index (κ2) is 5.63. The SMILES string of the molecule is Cc1ccc(C(O)Cc2cc(Br)ccc2F)cc1. The molecule has 2 rings (SSSR count). The number of rotatable bonds is 3. The molecular weight excluding hydrogens is 295 g/mol. The summed E-state index contributed by atoms with van der Waals surface area (Å²) in [6.07, 6.45) is -0.414. The van der Waals surface area contributed by atoms with E-state index in [1.54, 1.807) is 12.1 Å². The van der Waals surface area contributed by atoms with E-state index in [4.69, 9.17) is 0 Å². The van der Waals surface area contributed by atoms with Crippen LogP contribution in [0.2, 0.25) is 0 Å². The van der Waals surface area contributed by atoms with E-state index in [-0.39, 0.29) is 12.2 Å². The summed E-state index contributed by atoms with van der Waals surface area (Å²) in [5, 5.41) is 10.1. The third kappa shape index (κ3) is 3.18. The summed E-state index contributed by atoms with van der Waals surface area (Å²) in [6.45, 7) is 1.99. The minimum absolute atomic E-state index is 0.272. The predicted molar refractivity (Wildman–Crippen MR) is 73.9 cm³/mol. The van der Waals surface area contributed by atoms with E-state index >= 15 is 0 Å². The van der Waals surface area contributed by atoms with Crippen LogP contribution >= 0.6 is 15.9 Å². The lowest BCUT2D eigenvalue weighted by Crippen LogP contribution is -2.03. The van der Waals surface area contributed by atoms with Gasteiger partial charge in [-0.25, -0.2) is 4.39 Å². The number of benzene rings is 2. The summed E-state index contributed by atoms with van der Waals surface area (Å²) >= 11 is 3.30. The van der Waals surface area contributed by atoms with Gasteiger partial charge in [-0.1, -0.05) is 45.8 Å². The maximum absolute atomic E-state index is 13.6. The van der Waals surface area contributed by atoms with Crippen molar-refractivity contribution in [2.45, 2.75) is 19.4 Å². The Morgan fingerprint density at radius 1 is 1.17 bits per heavy atom. The van der Waals surface area contributed by atoms with Gasteiger partial charge in [-0.3, -0.25) is 0 Å². The minimum atomic E-state index is -0.686. The molecule has 0 aliphatic carbocycles. The van der Waals surface area contributed by atoms with Crippen LogP contribution in [0.1, 0.15) is 22.8 Å². The third-order valence-corrected chi connectivity index (χ3v) is 3.38. The van der Waals surface area contributed by atoms with Gasteiger partial charge in [0.15, 0.2) is 0 Å². The van der Waals surface area contributed by atoms with Crippen molar-refractivity contribution >= 4 is 15.9 Å². The first-order valence-electron chi connectivity index (χ1n) is 5.75. The lowest BCUT2D eigenvalue weighted by atomic mass is 10.0. The maximum Gasteiger partial charge on any atom is 0.126 e. The Hall–Kier alpha value is -1.19. The molecule has 2 aromatic carbocycles. The lowest BCUT2D eigenvalue weighted by Gasteiger charge is -2.12. The van der Waals surface area contributed by atoms with Crippen molar-refractivity contribution in [2.24, 2.45) is 0 Å². The zero-order valence-electron chi connectivity index (χ0n) is 10.0. The van der Waals surface area contributed by atoms with Gasteiger partial charge < -0.3 is 5.11 Å². The first-order valence-corrected chi connectivity index (χ1v) is 6.54. The Bertz CT molecular complexity index is 537. The molecule has 0 aliphatic rings. The maximum atomic E-state index is 13.6. The molecule has 0 spiro atoms. The molecular formula is C15H14BrFO. The van der Waals surface area contributed by atoms with Crippen LogP contribution in [0.5, 0.6) is 0 Å². The third-order valence-electron chi connectivity index (χ3n) is 2.88. The summed E-state index contributed by atoms with van der Waals surface area (Å²) in [5.74, 6) is -0.288. The van der Waals surface area contributed by atoms with Crippen LogP contribution < -0.4 is 0 Å².